The number of sulfonamides is 1. The van der Waals surface area contributed by atoms with Crippen molar-refractivity contribution in [2.75, 3.05) is 17.6 Å². The van der Waals surface area contributed by atoms with Crippen LogP contribution in [0.1, 0.15) is 30.4 Å². The Labute approximate surface area is 156 Å². The highest BCUT2D eigenvalue weighted by Crippen LogP contribution is 2.31. The van der Waals surface area contributed by atoms with Crippen LogP contribution in [-0.4, -0.2) is 46.6 Å². The van der Waals surface area contributed by atoms with Crippen molar-refractivity contribution in [3.63, 3.8) is 0 Å². The molecule has 0 aliphatic rings. The summed E-state index contributed by atoms with van der Waals surface area (Å²) >= 11 is 0. The number of hydrogen-bond donors (Lipinski definition) is 2. The average molecular weight is 392 g/mol. The molecule has 0 aliphatic heterocycles. The molecule has 0 aliphatic carbocycles. The van der Waals surface area contributed by atoms with Gasteiger partial charge in [0.1, 0.15) is 6.23 Å². The molecular weight excluding hydrogens is 372 g/mol. The molecule has 1 atom stereocenters. The van der Waals surface area contributed by atoms with E-state index >= 15 is 0 Å². The summed E-state index contributed by atoms with van der Waals surface area (Å²) < 4.78 is 34.0. The number of hydrogen-bond acceptors (Lipinski definition) is 6. The summed E-state index contributed by atoms with van der Waals surface area (Å²) in [6, 6.07) is 1.58. The quantitative estimate of drug-likeness (QED) is 0.621. The van der Waals surface area contributed by atoms with Crippen LogP contribution in [0.15, 0.2) is 30.9 Å². The molecule has 144 valence electrons. The molecule has 0 fully saturated rings. The molecule has 0 saturated heterocycles. The van der Waals surface area contributed by atoms with E-state index in [9.17, 15) is 13.2 Å². The highest BCUT2D eigenvalue weighted by Gasteiger charge is 2.19. The maximum absolute atomic E-state index is 11.9. The fourth-order valence-electron chi connectivity index (χ4n) is 2.80. The lowest BCUT2D eigenvalue weighted by Gasteiger charge is -2.11. The first-order valence-electron chi connectivity index (χ1n) is 8.14. The van der Waals surface area contributed by atoms with Crippen LogP contribution in [0, 0.1) is 0 Å². The van der Waals surface area contributed by atoms with Crippen LogP contribution >= 0.6 is 0 Å². The normalized spacial score (nSPS) is 13.0. The average Bonchev–Trinajstić information content (AvgIpc) is 3.18. The molecule has 3 heterocycles. The van der Waals surface area contributed by atoms with Crippen LogP contribution in [0.5, 0.6) is 0 Å². The van der Waals surface area contributed by atoms with Gasteiger partial charge >= 0.3 is 0 Å². The third-order valence-corrected chi connectivity index (χ3v) is 4.48. The highest BCUT2D eigenvalue weighted by atomic mass is 32.2. The fourth-order valence-corrected chi connectivity index (χ4v) is 3.34. The van der Waals surface area contributed by atoms with E-state index in [1.165, 1.54) is 16.9 Å². The number of primary amides is 1. The predicted molar refractivity (Wildman–Crippen MR) is 99.7 cm³/mol. The second kappa shape index (κ2) is 7.00. The summed E-state index contributed by atoms with van der Waals surface area (Å²) in [7, 11) is -3.46. The second-order valence-electron chi connectivity index (χ2n) is 5.99. The first kappa shape index (κ1) is 18.9. The van der Waals surface area contributed by atoms with E-state index in [4.69, 9.17) is 10.5 Å². The van der Waals surface area contributed by atoms with Crippen molar-refractivity contribution in [1.29, 1.82) is 0 Å². The van der Waals surface area contributed by atoms with Gasteiger partial charge in [-0.2, -0.15) is 10.2 Å². The molecule has 3 aromatic heterocycles. The number of anilines is 1. The van der Waals surface area contributed by atoms with Gasteiger partial charge in [-0.3, -0.25) is 9.52 Å². The van der Waals surface area contributed by atoms with Gasteiger partial charge in [0.2, 0.25) is 10.0 Å². The van der Waals surface area contributed by atoms with Crippen molar-refractivity contribution in [3.8, 4) is 11.1 Å². The van der Waals surface area contributed by atoms with Crippen LogP contribution in [0.2, 0.25) is 0 Å². The molecule has 11 heteroatoms. The Bertz CT molecular complexity index is 1100. The van der Waals surface area contributed by atoms with Crippen molar-refractivity contribution in [2.45, 2.75) is 20.1 Å². The Balaban J connectivity index is 2.17. The maximum Gasteiger partial charge on any atom is 0.251 e. The third-order valence-electron chi connectivity index (χ3n) is 3.88. The van der Waals surface area contributed by atoms with Crippen LogP contribution in [0.25, 0.3) is 16.6 Å². The van der Waals surface area contributed by atoms with Gasteiger partial charge in [0, 0.05) is 23.9 Å². The van der Waals surface area contributed by atoms with Crippen molar-refractivity contribution < 1.29 is 17.9 Å². The van der Waals surface area contributed by atoms with E-state index in [0.717, 1.165) is 6.26 Å². The predicted octanol–water partition coefficient (Wildman–Crippen LogP) is 1.22. The largest absolute Gasteiger partial charge is 0.366 e. The summed E-state index contributed by atoms with van der Waals surface area (Å²) in [6.07, 6.45) is 6.95. The Morgan fingerprint density at radius 1 is 1.33 bits per heavy atom. The lowest BCUT2D eigenvalue weighted by molar-refractivity contribution is 0.0160. The van der Waals surface area contributed by atoms with Gasteiger partial charge in [-0.15, -0.1) is 0 Å². The number of amides is 1. The molecular formula is C16H20N6O4S. The highest BCUT2D eigenvalue weighted by molar-refractivity contribution is 7.92. The number of ether oxygens (including phenoxy) is 1. The molecule has 3 N–H and O–H groups in total. The van der Waals surface area contributed by atoms with E-state index in [-0.39, 0.29) is 11.8 Å². The van der Waals surface area contributed by atoms with Gasteiger partial charge in [-0.1, -0.05) is 0 Å². The molecule has 0 spiro atoms. The number of carbonyl (C=O) groups is 1. The molecule has 0 saturated carbocycles. The summed E-state index contributed by atoms with van der Waals surface area (Å²) in [4.78, 5) is 11.9. The number of nitrogens with zero attached hydrogens (tertiary/aromatic N) is 4. The van der Waals surface area contributed by atoms with Crippen LogP contribution in [0.3, 0.4) is 0 Å². The van der Waals surface area contributed by atoms with Gasteiger partial charge in [-0.05, 0) is 19.9 Å². The molecule has 3 rings (SSSR count). The number of nitrogens with one attached hydrogen (secondary N) is 1. The van der Waals surface area contributed by atoms with E-state index in [2.05, 4.69) is 14.9 Å². The van der Waals surface area contributed by atoms with Crippen molar-refractivity contribution in [1.82, 2.24) is 19.4 Å². The molecule has 3 aromatic rings. The Morgan fingerprint density at radius 2 is 2.07 bits per heavy atom. The number of carbonyl (C=O) groups excluding carboxylic acids is 1. The van der Waals surface area contributed by atoms with Crippen molar-refractivity contribution in [3.05, 3.63) is 36.4 Å². The fraction of sp³-hybridized carbons (Fsp3) is 0.312. The minimum absolute atomic E-state index is 0.204. The van der Waals surface area contributed by atoms with Crippen LogP contribution in [0.4, 0.5) is 5.69 Å². The molecule has 0 bridgehead atoms. The van der Waals surface area contributed by atoms with Gasteiger partial charge in [0.15, 0.2) is 0 Å². The molecule has 1 unspecified atom stereocenters. The van der Waals surface area contributed by atoms with E-state index in [1.807, 2.05) is 13.8 Å². The standard InChI is InChI=1S/C16H20N6O4S/c1-4-26-10(2)21-8-11(6-18-21)15-13(16(17)23)7-19-22-9-12(5-14(15)22)20-27(3,24)25/h5-10,20H,4H2,1-3H3,(H2,17,23). The minimum Gasteiger partial charge on any atom is -0.366 e. The summed E-state index contributed by atoms with van der Waals surface area (Å²) in [5, 5.41) is 8.42. The molecule has 0 radical (unpaired) electrons. The van der Waals surface area contributed by atoms with Gasteiger partial charge in [0.05, 0.1) is 41.6 Å². The SMILES string of the molecule is CCOC(C)n1cc(-c2c(C(N)=O)cnn3cc(NS(C)(=O)=O)cc23)cn1. The summed E-state index contributed by atoms with van der Waals surface area (Å²) in [6.45, 7) is 4.26. The smallest absolute Gasteiger partial charge is 0.251 e. The van der Waals surface area contributed by atoms with E-state index < -0.39 is 15.9 Å². The first-order valence-corrected chi connectivity index (χ1v) is 10.0. The number of nitrogens with two attached hydrogens (primary N) is 1. The first-order chi connectivity index (χ1) is 12.7. The molecule has 0 aromatic carbocycles. The zero-order valence-electron chi connectivity index (χ0n) is 15.1. The number of rotatable bonds is 7. The lowest BCUT2D eigenvalue weighted by Crippen LogP contribution is -2.14. The van der Waals surface area contributed by atoms with E-state index in [0.29, 0.717) is 28.9 Å². The second-order valence-corrected chi connectivity index (χ2v) is 7.74. The molecule has 1 amide bonds. The Hall–Kier alpha value is -2.92. The molecule has 10 nitrogen and oxygen atoms in total. The zero-order valence-corrected chi connectivity index (χ0v) is 15.9. The van der Waals surface area contributed by atoms with Gasteiger partial charge in [-0.25, -0.2) is 17.6 Å². The zero-order chi connectivity index (χ0) is 19.8. The number of aromatic nitrogens is 4. The van der Waals surface area contributed by atoms with Gasteiger partial charge < -0.3 is 10.5 Å². The Kier molecular flexibility index (Phi) is 4.89. The minimum atomic E-state index is -3.46. The van der Waals surface area contributed by atoms with Crippen LogP contribution in [-0.2, 0) is 14.8 Å². The van der Waals surface area contributed by atoms with Crippen LogP contribution < -0.4 is 10.5 Å². The topological polar surface area (TPSA) is 134 Å². The van der Waals surface area contributed by atoms with Gasteiger partial charge in [0.25, 0.3) is 5.91 Å². The Morgan fingerprint density at radius 3 is 2.70 bits per heavy atom. The summed E-state index contributed by atoms with van der Waals surface area (Å²) in [5.74, 6) is -0.649. The number of fused-ring (bicyclic) bond motifs is 1. The summed E-state index contributed by atoms with van der Waals surface area (Å²) in [5.41, 5.74) is 7.69. The van der Waals surface area contributed by atoms with Crippen molar-refractivity contribution in [2.24, 2.45) is 5.73 Å². The van der Waals surface area contributed by atoms with E-state index in [1.54, 1.807) is 23.1 Å². The lowest BCUT2D eigenvalue weighted by atomic mass is 10.0. The third kappa shape index (κ3) is 3.93. The molecule has 27 heavy (non-hydrogen) atoms. The monoisotopic (exact) mass is 392 g/mol. The van der Waals surface area contributed by atoms with Crippen molar-refractivity contribution >= 4 is 27.1 Å². The maximum atomic E-state index is 11.9.